The van der Waals surface area contributed by atoms with Gasteiger partial charge in [-0.05, 0) is 56.2 Å². The van der Waals surface area contributed by atoms with Gasteiger partial charge in [0.25, 0.3) is 5.91 Å². The third-order valence-electron chi connectivity index (χ3n) is 4.80. The van der Waals surface area contributed by atoms with Crippen molar-refractivity contribution in [2.45, 2.75) is 24.7 Å². The highest BCUT2D eigenvalue weighted by Crippen LogP contribution is 2.22. The van der Waals surface area contributed by atoms with E-state index in [4.69, 9.17) is 9.47 Å². The van der Waals surface area contributed by atoms with Gasteiger partial charge in [-0.2, -0.15) is 4.31 Å². The number of anilines is 1. The number of nitrogens with zero attached hydrogens (tertiary/aromatic N) is 1. The number of ether oxygens (including phenoxy) is 2. The smallest absolute Gasteiger partial charge is 0.331 e. The summed E-state index contributed by atoms with van der Waals surface area (Å²) in [5.74, 6) is -0.554. The number of hydrogen-bond acceptors (Lipinski definition) is 6. The molecule has 2 aromatic rings. The molecule has 0 unspecified atom stereocenters. The summed E-state index contributed by atoms with van der Waals surface area (Å²) in [6, 6.07) is 13.2. The summed E-state index contributed by atoms with van der Waals surface area (Å²) in [7, 11) is -3.51. The fourth-order valence-electron chi connectivity index (χ4n) is 3.23. The molecule has 1 aliphatic heterocycles. The summed E-state index contributed by atoms with van der Waals surface area (Å²) >= 11 is 0. The van der Waals surface area contributed by atoms with Gasteiger partial charge in [0.2, 0.25) is 10.0 Å². The van der Waals surface area contributed by atoms with Crippen LogP contribution in [0.4, 0.5) is 5.69 Å². The Morgan fingerprint density at radius 2 is 1.75 bits per heavy atom. The summed E-state index contributed by atoms with van der Waals surface area (Å²) < 4.78 is 37.0. The van der Waals surface area contributed by atoms with Crippen LogP contribution in [0.5, 0.6) is 5.75 Å². The monoisotopic (exact) mass is 458 g/mol. The van der Waals surface area contributed by atoms with Crippen LogP contribution < -0.4 is 10.1 Å². The van der Waals surface area contributed by atoms with Crippen molar-refractivity contribution in [3.8, 4) is 5.75 Å². The van der Waals surface area contributed by atoms with Gasteiger partial charge in [0.15, 0.2) is 6.61 Å². The maximum Gasteiger partial charge on any atom is 0.331 e. The van der Waals surface area contributed by atoms with Crippen molar-refractivity contribution in [3.05, 3.63) is 60.2 Å². The van der Waals surface area contributed by atoms with Crippen molar-refractivity contribution in [1.29, 1.82) is 0 Å². The van der Waals surface area contributed by atoms with E-state index < -0.39 is 28.5 Å². The number of carbonyl (C=O) groups is 2. The normalized spacial score (nSPS) is 14.4. The van der Waals surface area contributed by atoms with Crippen molar-refractivity contribution < 1.29 is 27.5 Å². The van der Waals surface area contributed by atoms with E-state index in [2.05, 4.69) is 5.32 Å². The van der Waals surface area contributed by atoms with Crippen LogP contribution in [0.3, 0.4) is 0 Å². The topological polar surface area (TPSA) is 102 Å². The van der Waals surface area contributed by atoms with E-state index in [-0.39, 0.29) is 4.90 Å². The number of carbonyl (C=O) groups excluding carboxylic acids is 2. The molecule has 1 saturated heterocycles. The van der Waals surface area contributed by atoms with Crippen LogP contribution in [0.15, 0.2) is 59.5 Å². The average molecular weight is 459 g/mol. The standard InChI is InChI=1S/C23H26N2O6S/c1-2-30-21-8-4-3-7-18(21)9-14-23(27)31-17-22(26)24-19-10-12-20(13-11-19)32(28,29)25-15-5-6-16-25/h3-4,7-14H,2,5-6,15-17H2,1H3,(H,24,26). The highest BCUT2D eigenvalue weighted by Gasteiger charge is 2.26. The molecule has 1 aliphatic rings. The van der Waals surface area contributed by atoms with Gasteiger partial charge >= 0.3 is 5.97 Å². The predicted octanol–water partition coefficient (Wildman–Crippen LogP) is 3.06. The van der Waals surface area contributed by atoms with Crippen LogP contribution in [0, 0.1) is 0 Å². The second-order valence-electron chi connectivity index (χ2n) is 7.10. The minimum Gasteiger partial charge on any atom is -0.493 e. The number of esters is 1. The molecule has 1 N–H and O–H groups in total. The summed E-state index contributed by atoms with van der Waals surface area (Å²) in [4.78, 5) is 24.2. The molecule has 0 atom stereocenters. The Balaban J connectivity index is 1.50. The van der Waals surface area contributed by atoms with Gasteiger partial charge in [-0.3, -0.25) is 4.79 Å². The Morgan fingerprint density at radius 1 is 1.06 bits per heavy atom. The first-order valence-corrected chi connectivity index (χ1v) is 11.8. The van der Waals surface area contributed by atoms with Gasteiger partial charge in [0.05, 0.1) is 11.5 Å². The first kappa shape index (κ1) is 23.5. The molecular weight excluding hydrogens is 432 g/mol. The quantitative estimate of drug-likeness (QED) is 0.458. The van der Waals surface area contributed by atoms with E-state index in [1.165, 1.54) is 34.6 Å². The third-order valence-corrected chi connectivity index (χ3v) is 6.72. The Kier molecular flexibility index (Phi) is 8.02. The summed E-state index contributed by atoms with van der Waals surface area (Å²) in [5.41, 5.74) is 1.13. The molecule has 0 aromatic heterocycles. The van der Waals surface area contributed by atoms with Crippen LogP contribution in [0.1, 0.15) is 25.3 Å². The molecule has 170 valence electrons. The molecule has 3 rings (SSSR count). The molecule has 0 radical (unpaired) electrons. The molecule has 1 heterocycles. The first-order valence-electron chi connectivity index (χ1n) is 10.4. The van der Waals surface area contributed by atoms with Crippen LogP contribution in [0.2, 0.25) is 0 Å². The lowest BCUT2D eigenvalue weighted by molar-refractivity contribution is -0.142. The highest BCUT2D eigenvalue weighted by atomic mass is 32.2. The minimum absolute atomic E-state index is 0.182. The summed E-state index contributed by atoms with van der Waals surface area (Å²) in [5, 5.41) is 2.58. The van der Waals surface area contributed by atoms with Crippen LogP contribution in [-0.4, -0.2) is 50.9 Å². The molecule has 0 spiro atoms. The molecule has 8 nitrogen and oxygen atoms in total. The van der Waals surface area contributed by atoms with E-state index in [9.17, 15) is 18.0 Å². The second kappa shape index (κ2) is 10.9. The van der Waals surface area contributed by atoms with Crippen LogP contribution >= 0.6 is 0 Å². The van der Waals surface area contributed by atoms with E-state index in [1.807, 2.05) is 19.1 Å². The molecule has 0 saturated carbocycles. The lowest BCUT2D eigenvalue weighted by Crippen LogP contribution is -2.27. The van der Waals surface area contributed by atoms with Gasteiger partial charge in [0, 0.05) is 30.4 Å². The zero-order valence-corrected chi connectivity index (χ0v) is 18.6. The Bertz CT molecular complexity index is 1070. The molecule has 1 fully saturated rings. The second-order valence-corrected chi connectivity index (χ2v) is 9.03. The Labute approximate surface area is 187 Å². The maximum absolute atomic E-state index is 12.5. The van der Waals surface area contributed by atoms with Crippen molar-refractivity contribution in [2.24, 2.45) is 0 Å². The van der Waals surface area contributed by atoms with E-state index in [1.54, 1.807) is 18.2 Å². The van der Waals surface area contributed by atoms with Crippen molar-refractivity contribution in [1.82, 2.24) is 4.31 Å². The third kappa shape index (κ3) is 6.18. The number of rotatable bonds is 9. The minimum atomic E-state index is -3.51. The van der Waals surface area contributed by atoms with Crippen molar-refractivity contribution in [3.63, 3.8) is 0 Å². The Hall–Kier alpha value is -3.17. The zero-order valence-electron chi connectivity index (χ0n) is 17.8. The van der Waals surface area contributed by atoms with Gasteiger partial charge in [0.1, 0.15) is 5.75 Å². The van der Waals surface area contributed by atoms with Gasteiger partial charge in [-0.15, -0.1) is 0 Å². The lowest BCUT2D eigenvalue weighted by atomic mass is 10.2. The average Bonchev–Trinajstić information content (AvgIpc) is 3.34. The summed E-state index contributed by atoms with van der Waals surface area (Å²) in [6.07, 6.45) is 4.51. The number of para-hydroxylation sites is 1. The Morgan fingerprint density at radius 3 is 2.44 bits per heavy atom. The molecular formula is C23H26N2O6S. The molecule has 0 bridgehead atoms. The SMILES string of the molecule is CCOc1ccccc1C=CC(=O)OCC(=O)Nc1ccc(S(=O)(=O)N2CCCC2)cc1. The molecule has 9 heteroatoms. The van der Waals surface area contributed by atoms with Gasteiger partial charge in [-0.1, -0.05) is 18.2 Å². The van der Waals surface area contributed by atoms with Gasteiger partial charge < -0.3 is 14.8 Å². The first-order chi connectivity index (χ1) is 15.4. The lowest BCUT2D eigenvalue weighted by Gasteiger charge is -2.15. The number of nitrogens with one attached hydrogen (secondary N) is 1. The molecule has 2 aromatic carbocycles. The van der Waals surface area contributed by atoms with E-state index >= 15 is 0 Å². The fraction of sp³-hybridized carbons (Fsp3) is 0.304. The number of amides is 1. The van der Waals surface area contributed by atoms with Crippen LogP contribution in [0.25, 0.3) is 6.08 Å². The maximum atomic E-state index is 12.5. The van der Waals surface area contributed by atoms with Gasteiger partial charge in [-0.25, -0.2) is 13.2 Å². The van der Waals surface area contributed by atoms with Crippen molar-refractivity contribution in [2.75, 3.05) is 31.6 Å². The van der Waals surface area contributed by atoms with Crippen molar-refractivity contribution >= 4 is 33.7 Å². The fourth-order valence-corrected chi connectivity index (χ4v) is 4.75. The van der Waals surface area contributed by atoms with Crippen LogP contribution in [-0.2, 0) is 24.3 Å². The summed E-state index contributed by atoms with van der Waals surface area (Å²) in [6.45, 7) is 2.95. The molecule has 0 aliphatic carbocycles. The molecule has 1 amide bonds. The highest BCUT2D eigenvalue weighted by molar-refractivity contribution is 7.89. The van der Waals surface area contributed by atoms with E-state index in [0.717, 1.165) is 18.4 Å². The zero-order chi connectivity index (χ0) is 23.0. The number of sulfonamides is 1. The molecule has 32 heavy (non-hydrogen) atoms. The van der Waals surface area contributed by atoms with E-state index in [0.29, 0.717) is 31.1 Å². The predicted molar refractivity (Wildman–Crippen MR) is 121 cm³/mol. The largest absolute Gasteiger partial charge is 0.493 e. The number of benzene rings is 2. The number of hydrogen-bond donors (Lipinski definition) is 1.